The van der Waals surface area contributed by atoms with Crippen LogP contribution in [-0.4, -0.2) is 13.7 Å². The molecule has 3 heteroatoms. The van der Waals surface area contributed by atoms with Crippen LogP contribution in [0.2, 0.25) is 0 Å². The van der Waals surface area contributed by atoms with Crippen LogP contribution in [0, 0.1) is 6.92 Å². The summed E-state index contributed by atoms with van der Waals surface area (Å²) < 4.78 is 10.6. The molecule has 72 valence electrons. The maximum absolute atomic E-state index is 5.39. The molecule has 0 aromatic heterocycles. The monoisotopic (exact) mass is 198 g/mol. The van der Waals surface area contributed by atoms with Crippen molar-refractivity contribution in [2.24, 2.45) is 0 Å². The first-order chi connectivity index (χ1) is 6.19. The third-order valence-electron chi connectivity index (χ3n) is 1.78. The van der Waals surface area contributed by atoms with Gasteiger partial charge in [0.05, 0.1) is 13.7 Å². The number of rotatable bonds is 3. The van der Waals surface area contributed by atoms with Crippen molar-refractivity contribution < 1.29 is 9.47 Å². The number of thiol groups is 1. The molecule has 1 rings (SSSR count). The zero-order chi connectivity index (χ0) is 9.84. The molecule has 0 saturated heterocycles. The minimum atomic E-state index is 0.632. The predicted octanol–water partition coefficient (Wildman–Crippen LogP) is 2.69. The lowest BCUT2D eigenvalue weighted by Crippen LogP contribution is -1.96. The van der Waals surface area contributed by atoms with Gasteiger partial charge in [-0.05, 0) is 31.5 Å². The summed E-state index contributed by atoms with van der Waals surface area (Å²) in [5.74, 6) is 1.51. The maximum atomic E-state index is 5.39. The van der Waals surface area contributed by atoms with Gasteiger partial charge < -0.3 is 9.47 Å². The Morgan fingerprint density at radius 3 is 2.54 bits per heavy atom. The third kappa shape index (κ3) is 2.31. The standard InChI is InChI=1S/C10H14O2S/c1-4-12-9-6-10(13)7(2)5-8(9)11-3/h5-6,13H,4H2,1-3H3. The van der Waals surface area contributed by atoms with Crippen molar-refractivity contribution in [3.63, 3.8) is 0 Å². The predicted molar refractivity (Wildman–Crippen MR) is 56.2 cm³/mol. The highest BCUT2D eigenvalue weighted by Gasteiger charge is 2.06. The smallest absolute Gasteiger partial charge is 0.162 e. The zero-order valence-electron chi connectivity index (χ0n) is 8.13. The second-order valence-electron chi connectivity index (χ2n) is 2.72. The van der Waals surface area contributed by atoms with Crippen LogP contribution in [0.1, 0.15) is 12.5 Å². The topological polar surface area (TPSA) is 18.5 Å². The Hall–Kier alpha value is -0.830. The van der Waals surface area contributed by atoms with Gasteiger partial charge in [-0.25, -0.2) is 0 Å². The number of aryl methyl sites for hydroxylation is 1. The fourth-order valence-electron chi connectivity index (χ4n) is 1.08. The highest BCUT2D eigenvalue weighted by Crippen LogP contribution is 2.31. The van der Waals surface area contributed by atoms with Gasteiger partial charge in [0.25, 0.3) is 0 Å². The second kappa shape index (κ2) is 4.42. The minimum absolute atomic E-state index is 0.632. The summed E-state index contributed by atoms with van der Waals surface area (Å²) in [5, 5.41) is 0. The van der Waals surface area contributed by atoms with E-state index in [0.29, 0.717) is 6.61 Å². The number of ether oxygens (including phenoxy) is 2. The number of methoxy groups -OCH3 is 1. The van der Waals surface area contributed by atoms with Crippen LogP contribution < -0.4 is 9.47 Å². The molecule has 0 atom stereocenters. The molecule has 0 saturated carbocycles. The fraction of sp³-hybridized carbons (Fsp3) is 0.400. The number of benzene rings is 1. The molecule has 2 nitrogen and oxygen atoms in total. The van der Waals surface area contributed by atoms with Crippen molar-refractivity contribution in [2.45, 2.75) is 18.7 Å². The lowest BCUT2D eigenvalue weighted by molar-refractivity contribution is 0.310. The molecule has 0 amide bonds. The zero-order valence-corrected chi connectivity index (χ0v) is 9.02. The van der Waals surface area contributed by atoms with Crippen LogP contribution in [0.3, 0.4) is 0 Å². The number of hydrogen-bond donors (Lipinski definition) is 1. The summed E-state index contributed by atoms with van der Waals surface area (Å²) in [6.07, 6.45) is 0. The molecule has 0 N–H and O–H groups in total. The van der Waals surface area contributed by atoms with Crippen molar-refractivity contribution in [3.8, 4) is 11.5 Å². The molecule has 0 unspecified atom stereocenters. The average molecular weight is 198 g/mol. The normalized spacial score (nSPS) is 9.85. The molecular formula is C10H14O2S. The molecule has 0 radical (unpaired) electrons. The largest absolute Gasteiger partial charge is 0.493 e. The van der Waals surface area contributed by atoms with E-state index >= 15 is 0 Å². The van der Waals surface area contributed by atoms with E-state index in [1.54, 1.807) is 7.11 Å². The van der Waals surface area contributed by atoms with Crippen molar-refractivity contribution >= 4 is 12.6 Å². The number of hydrogen-bond acceptors (Lipinski definition) is 3. The van der Waals surface area contributed by atoms with Gasteiger partial charge in [0.15, 0.2) is 11.5 Å². The summed E-state index contributed by atoms with van der Waals surface area (Å²) in [6.45, 7) is 4.56. The SMILES string of the molecule is CCOc1cc(S)c(C)cc1OC. The Kier molecular flexibility index (Phi) is 3.48. The molecule has 0 aliphatic heterocycles. The van der Waals surface area contributed by atoms with Gasteiger partial charge in [-0.2, -0.15) is 0 Å². The van der Waals surface area contributed by atoms with Gasteiger partial charge in [0.1, 0.15) is 0 Å². The lowest BCUT2D eigenvalue weighted by Gasteiger charge is -2.11. The van der Waals surface area contributed by atoms with Crippen LogP contribution in [0.5, 0.6) is 11.5 Å². The Morgan fingerprint density at radius 1 is 1.31 bits per heavy atom. The quantitative estimate of drug-likeness (QED) is 0.753. The minimum Gasteiger partial charge on any atom is -0.493 e. The van der Waals surface area contributed by atoms with E-state index in [0.717, 1.165) is 22.0 Å². The Bertz CT molecular complexity index is 297. The third-order valence-corrected chi connectivity index (χ3v) is 2.26. The van der Waals surface area contributed by atoms with E-state index in [-0.39, 0.29) is 0 Å². The highest BCUT2D eigenvalue weighted by atomic mass is 32.1. The first kappa shape index (κ1) is 10.3. The van der Waals surface area contributed by atoms with Crippen LogP contribution in [0.25, 0.3) is 0 Å². The summed E-state index contributed by atoms with van der Waals surface area (Å²) in [4.78, 5) is 0.921. The van der Waals surface area contributed by atoms with Crippen molar-refractivity contribution in [2.75, 3.05) is 13.7 Å². The molecule has 0 heterocycles. The average Bonchev–Trinajstić information content (AvgIpc) is 2.11. The van der Waals surface area contributed by atoms with E-state index in [2.05, 4.69) is 12.6 Å². The molecule has 0 fully saturated rings. The van der Waals surface area contributed by atoms with E-state index in [1.807, 2.05) is 26.0 Å². The molecular weight excluding hydrogens is 184 g/mol. The maximum Gasteiger partial charge on any atom is 0.162 e. The summed E-state index contributed by atoms with van der Waals surface area (Å²) in [5.41, 5.74) is 1.09. The Balaban J connectivity index is 3.09. The van der Waals surface area contributed by atoms with E-state index in [9.17, 15) is 0 Å². The molecule has 0 aliphatic carbocycles. The van der Waals surface area contributed by atoms with Crippen molar-refractivity contribution in [3.05, 3.63) is 17.7 Å². The van der Waals surface area contributed by atoms with Gasteiger partial charge in [0, 0.05) is 4.90 Å². The van der Waals surface area contributed by atoms with Crippen LogP contribution in [0.15, 0.2) is 17.0 Å². The van der Waals surface area contributed by atoms with Crippen LogP contribution in [-0.2, 0) is 0 Å². The van der Waals surface area contributed by atoms with Gasteiger partial charge in [0.2, 0.25) is 0 Å². The van der Waals surface area contributed by atoms with Gasteiger partial charge in [-0.1, -0.05) is 0 Å². The first-order valence-electron chi connectivity index (χ1n) is 4.19. The molecule has 13 heavy (non-hydrogen) atoms. The molecule has 0 bridgehead atoms. The molecule has 1 aromatic rings. The van der Waals surface area contributed by atoms with Crippen molar-refractivity contribution in [1.29, 1.82) is 0 Å². The Morgan fingerprint density at radius 2 is 2.00 bits per heavy atom. The molecule has 1 aromatic carbocycles. The van der Waals surface area contributed by atoms with Gasteiger partial charge >= 0.3 is 0 Å². The van der Waals surface area contributed by atoms with E-state index in [1.165, 1.54) is 0 Å². The Labute approximate surface area is 84.3 Å². The molecule has 0 spiro atoms. The van der Waals surface area contributed by atoms with E-state index < -0.39 is 0 Å². The lowest BCUT2D eigenvalue weighted by atomic mass is 10.2. The molecule has 0 aliphatic rings. The highest BCUT2D eigenvalue weighted by molar-refractivity contribution is 7.80. The van der Waals surface area contributed by atoms with Crippen LogP contribution in [0.4, 0.5) is 0 Å². The van der Waals surface area contributed by atoms with Crippen molar-refractivity contribution in [1.82, 2.24) is 0 Å². The van der Waals surface area contributed by atoms with Crippen LogP contribution >= 0.6 is 12.6 Å². The summed E-state index contributed by atoms with van der Waals surface area (Å²) >= 11 is 4.31. The first-order valence-corrected chi connectivity index (χ1v) is 4.64. The second-order valence-corrected chi connectivity index (χ2v) is 3.20. The summed E-state index contributed by atoms with van der Waals surface area (Å²) in [6, 6.07) is 3.80. The summed E-state index contributed by atoms with van der Waals surface area (Å²) in [7, 11) is 1.63. The fourth-order valence-corrected chi connectivity index (χ4v) is 1.26. The van der Waals surface area contributed by atoms with E-state index in [4.69, 9.17) is 9.47 Å². The van der Waals surface area contributed by atoms with Gasteiger partial charge in [-0.15, -0.1) is 12.6 Å². The van der Waals surface area contributed by atoms with Gasteiger partial charge in [-0.3, -0.25) is 0 Å².